The minimum Gasteiger partial charge on any atom is -0.450 e. The summed E-state index contributed by atoms with van der Waals surface area (Å²) in [6.07, 6.45) is 0.0280. The molecule has 2 aliphatic heterocycles. The Morgan fingerprint density at radius 1 is 0.956 bits per heavy atom. The second-order valence-corrected chi connectivity index (χ2v) is 12.7. The summed E-state index contributed by atoms with van der Waals surface area (Å²) in [6.45, 7) is 7.75. The molecule has 2 atom stereocenters. The van der Waals surface area contributed by atoms with Crippen LogP contribution in [0.1, 0.15) is 37.7 Å². The highest BCUT2D eigenvalue weighted by Crippen LogP contribution is 2.48. The Balaban J connectivity index is 1.62. The van der Waals surface area contributed by atoms with Crippen LogP contribution < -0.4 is 10.2 Å². The average Bonchev–Trinajstić information content (AvgIpc) is 3.54. The van der Waals surface area contributed by atoms with Crippen molar-refractivity contribution in [1.29, 1.82) is 0 Å². The molecule has 1 N–H and O–H groups in total. The highest BCUT2D eigenvalue weighted by atomic mass is 31.2. The number of piperazine rings is 1. The van der Waals surface area contributed by atoms with E-state index in [1.807, 2.05) is 35.2 Å². The van der Waals surface area contributed by atoms with Crippen LogP contribution in [0.3, 0.4) is 0 Å². The minimum atomic E-state index is -3.76. The van der Waals surface area contributed by atoms with Gasteiger partial charge in [-0.3, -0.25) is 14.2 Å². The quantitative estimate of drug-likeness (QED) is 0.320. The van der Waals surface area contributed by atoms with Crippen molar-refractivity contribution in [3.8, 4) is 11.4 Å². The number of rotatable bonds is 13. The molecule has 0 spiro atoms. The van der Waals surface area contributed by atoms with Crippen molar-refractivity contribution in [3.05, 3.63) is 42.1 Å². The Hall–Kier alpha value is -3.58. The van der Waals surface area contributed by atoms with Gasteiger partial charge in [-0.25, -0.2) is 14.8 Å². The summed E-state index contributed by atoms with van der Waals surface area (Å²) in [6, 6.07) is 9.64. The third-order valence-electron chi connectivity index (χ3n) is 7.56. The lowest BCUT2D eigenvalue weighted by molar-refractivity contribution is -0.134. The molecule has 0 unspecified atom stereocenters. The zero-order valence-electron chi connectivity index (χ0n) is 26.3. The van der Waals surface area contributed by atoms with Gasteiger partial charge in [-0.05, 0) is 27.2 Å². The lowest BCUT2D eigenvalue weighted by atomic mass is 10.2. The number of carbonyl (C=O) groups excluding carboxylic acids is 3. The number of hydrogen-bond donors (Lipinski definition) is 1. The fraction of sp³-hybridized carbons (Fsp3) is 0.567. The van der Waals surface area contributed by atoms with Gasteiger partial charge in [0.25, 0.3) is 5.91 Å². The monoisotopic (exact) mass is 646 g/mol. The molecule has 0 saturated carbocycles. The number of ether oxygens (including phenoxy) is 2. The largest absolute Gasteiger partial charge is 0.450 e. The first kappa shape index (κ1) is 34.3. The molecule has 2 aromatic rings. The topological polar surface area (TPSA) is 153 Å². The number of aromatic nitrogens is 2. The van der Waals surface area contributed by atoms with Crippen molar-refractivity contribution >= 4 is 31.3 Å². The molecular weight excluding hydrogens is 603 g/mol. The first-order valence-corrected chi connectivity index (χ1v) is 17.0. The zero-order chi connectivity index (χ0) is 32.4. The molecule has 1 aromatic carbocycles. The predicted octanol–water partition coefficient (Wildman–Crippen LogP) is 3.03. The summed E-state index contributed by atoms with van der Waals surface area (Å²) in [5, 5.41) is 2.77. The molecule has 3 heterocycles. The van der Waals surface area contributed by atoms with Gasteiger partial charge < -0.3 is 38.5 Å². The first-order valence-electron chi connectivity index (χ1n) is 15.3. The van der Waals surface area contributed by atoms with Crippen LogP contribution in [0.2, 0.25) is 0 Å². The number of methoxy groups -OCH3 is 1. The third-order valence-corrected chi connectivity index (χ3v) is 9.67. The predicted molar refractivity (Wildman–Crippen MR) is 167 cm³/mol. The molecule has 14 nitrogen and oxygen atoms in total. The van der Waals surface area contributed by atoms with E-state index in [4.69, 9.17) is 23.5 Å². The lowest BCUT2D eigenvalue weighted by Crippen LogP contribution is -2.57. The van der Waals surface area contributed by atoms with E-state index in [-0.39, 0.29) is 64.0 Å². The van der Waals surface area contributed by atoms with Crippen LogP contribution in [0.25, 0.3) is 11.4 Å². The van der Waals surface area contributed by atoms with E-state index in [2.05, 4.69) is 10.3 Å². The van der Waals surface area contributed by atoms with Crippen molar-refractivity contribution in [2.75, 3.05) is 77.3 Å². The summed E-state index contributed by atoms with van der Waals surface area (Å²) < 4.78 is 35.2. The maximum absolute atomic E-state index is 13.9. The van der Waals surface area contributed by atoms with E-state index in [0.29, 0.717) is 24.7 Å². The Bertz CT molecular complexity index is 1350. The summed E-state index contributed by atoms with van der Waals surface area (Å²) in [5.74, 6) is -0.194. The zero-order valence-corrected chi connectivity index (χ0v) is 27.2. The number of nitrogens with zero attached hydrogens (tertiary/aromatic N) is 5. The lowest BCUT2D eigenvalue weighted by Gasteiger charge is -2.36. The summed E-state index contributed by atoms with van der Waals surface area (Å²) >= 11 is 0. The second kappa shape index (κ2) is 16.1. The molecule has 0 radical (unpaired) electrons. The number of carbonyl (C=O) groups is 3. The molecule has 15 heteroatoms. The van der Waals surface area contributed by atoms with Crippen molar-refractivity contribution < 1.29 is 37.5 Å². The van der Waals surface area contributed by atoms with E-state index in [9.17, 15) is 18.9 Å². The normalized spacial score (nSPS) is 17.7. The SMILES string of the molecule is CCOC(=O)N1CCN(C(=O)[C@H](CP(=O)(OCC)OCC)NC(=O)c2cc(N3CC[C@H](OC)C3)nc(-c3ccccc3)n2)CC1. The van der Waals surface area contributed by atoms with Crippen molar-refractivity contribution in [1.82, 2.24) is 25.1 Å². The average molecular weight is 647 g/mol. The van der Waals surface area contributed by atoms with Crippen molar-refractivity contribution in [2.24, 2.45) is 0 Å². The van der Waals surface area contributed by atoms with Crippen LogP contribution in [0.15, 0.2) is 36.4 Å². The molecule has 4 rings (SSSR count). The highest BCUT2D eigenvalue weighted by Gasteiger charge is 2.38. The minimum absolute atomic E-state index is 0.0370. The van der Waals surface area contributed by atoms with Gasteiger partial charge in [-0.15, -0.1) is 0 Å². The molecule has 2 fully saturated rings. The summed E-state index contributed by atoms with van der Waals surface area (Å²) in [7, 11) is -2.10. The summed E-state index contributed by atoms with van der Waals surface area (Å²) in [4.78, 5) is 54.3. The van der Waals surface area contributed by atoms with E-state index >= 15 is 0 Å². The molecule has 2 aliphatic rings. The van der Waals surface area contributed by atoms with Crippen LogP contribution in [-0.4, -0.2) is 122 Å². The van der Waals surface area contributed by atoms with E-state index < -0.39 is 31.5 Å². The molecule has 246 valence electrons. The molecule has 2 saturated heterocycles. The molecule has 0 bridgehead atoms. The third kappa shape index (κ3) is 9.00. The van der Waals surface area contributed by atoms with E-state index in [0.717, 1.165) is 12.0 Å². The number of hydrogen-bond acceptors (Lipinski definition) is 11. The maximum Gasteiger partial charge on any atom is 0.409 e. The fourth-order valence-corrected chi connectivity index (χ4v) is 7.05. The van der Waals surface area contributed by atoms with E-state index in [1.165, 1.54) is 9.80 Å². The van der Waals surface area contributed by atoms with E-state index in [1.54, 1.807) is 33.9 Å². The summed E-state index contributed by atoms with van der Waals surface area (Å²) in [5.41, 5.74) is 0.771. The standard InChI is InChI=1S/C30H43N6O8P/c1-5-42-30(39)35-17-15-34(16-18-35)29(38)25(21-45(40,43-6-2)44-7-3)32-28(37)24-19-26(36-14-13-23(20-36)41-4)33-27(31-24)22-11-9-8-10-12-22/h8-12,19,23,25H,5-7,13-18,20-21H2,1-4H3,(H,32,37)/t23-,25-/m0/s1. The molecule has 45 heavy (non-hydrogen) atoms. The molecule has 0 aliphatic carbocycles. The van der Waals surface area contributed by atoms with Crippen molar-refractivity contribution in [2.45, 2.75) is 39.3 Å². The number of anilines is 1. The van der Waals surface area contributed by atoms with Crippen LogP contribution in [0.4, 0.5) is 10.6 Å². The fourth-order valence-electron chi connectivity index (χ4n) is 5.28. The Morgan fingerprint density at radius 3 is 2.22 bits per heavy atom. The number of nitrogens with one attached hydrogen (secondary N) is 1. The Labute approximate surface area is 263 Å². The van der Waals surface area contributed by atoms with Gasteiger partial charge in [0.15, 0.2) is 5.82 Å². The van der Waals surface area contributed by atoms with Gasteiger partial charge in [0.05, 0.1) is 32.1 Å². The van der Waals surface area contributed by atoms with Crippen LogP contribution in [-0.2, 0) is 27.9 Å². The van der Waals surface area contributed by atoms with Gasteiger partial charge in [-0.1, -0.05) is 30.3 Å². The number of benzene rings is 1. The van der Waals surface area contributed by atoms with Gasteiger partial charge in [0.1, 0.15) is 17.6 Å². The molecular formula is C30H43N6O8P. The molecule has 3 amide bonds. The van der Waals surface area contributed by atoms with Crippen LogP contribution in [0.5, 0.6) is 0 Å². The van der Waals surface area contributed by atoms with Gasteiger partial charge in [0, 0.05) is 58.0 Å². The van der Waals surface area contributed by atoms with Gasteiger partial charge in [-0.2, -0.15) is 0 Å². The Morgan fingerprint density at radius 2 is 1.62 bits per heavy atom. The highest BCUT2D eigenvalue weighted by molar-refractivity contribution is 7.54. The first-order chi connectivity index (χ1) is 21.7. The van der Waals surface area contributed by atoms with Crippen LogP contribution >= 0.6 is 7.60 Å². The van der Waals surface area contributed by atoms with Crippen LogP contribution in [0, 0.1) is 0 Å². The van der Waals surface area contributed by atoms with Gasteiger partial charge >= 0.3 is 13.7 Å². The van der Waals surface area contributed by atoms with Gasteiger partial charge in [0.2, 0.25) is 5.91 Å². The van der Waals surface area contributed by atoms with Crippen molar-refractivity contribution in [3.63, 3.8) is 0 Å². The number of amides is 3. The molecule has 1 aromatic heterocycles. The smallest absolute Gasteiger partial charge is 0.409 e. The second-order valence-electron chi connectivity index (χ2n) is 10.6. The Kier molecular flexibility index (Phi) is 12.3. The maximum atomic E-state index is 13.9.